The van der Waals surface area contributed by atoms with Crippen LogP contribution in [-0.4, -0.2) is 38.5 Å². The number of hydrogen-bond acceptors (Lipinski definition) is 4. The molecule has 0 aliphatic heterocycles. The average molecular weight is 274 g/mol. The van der Waals surface area contributed by atoms with E-state index in [0.29, 0.717) is 19.8 Å². The van der Waals surface area contributed by atoms with Gasteiger partial charge in [-0.05, 0) is 17.5 Å². The smallest absolute Gasteiger partial charge is 0.0701 e. The van der Waals surface area contributed by atoms with Crippen LogP contribution < -0.4 is 5.32 Å². The van der Waals surface area contributed by atoms with Crippen LogP contribution in [0.5, 0.6) is 0 Å². The molecule has 1 aromatic heterocycles. The van der Waals surface area contributed by atoms with E-state index in [-0.39, 0.29) is 6.04 Å². The molecule has 0 radical (unpaired) electrons. The first-order valence-electron chi connectivity index (χ1n) is 6.99. The monoisotopic (exact) mass is 274 g/mol. The van der Waals surface area contributed by atoms with Crippen LogP contribution in [0, 0.1) is 0 Å². The van der Waals surface area contributed by atoms with Crippen molar-refractivity contribution < 1.29 is 9.47 Å². The second kappa shape index (κ2) is 7.94. The Labute approximate surface area is 120 Å². The molecule has 2 aromatic rings. The molecule has 1 N–H and O–H groups in total. The number of benzene rings is 1. The highest BCUT2D eigenvalue weighted by atomic mass is 16.5. The van der Waals surface area contributed by atoms with Gasteiger partial charge in [0.1, 0.15) is 0 Å². The van der Waals surface area contributed by atoms with Crippen LogP contribution in [-0.2, 0) is 9.47 Å². The second-order valence-corrected chi connectivity index (χ2v) is 4.63. The number of nitrogens with zero attached hydrogens (tertiary/aromatic N) is 1. The van der Waals surface area contributed by atoms with Gasteiger partial charge < -0.3 is 14.8 Å². The van der Waals surface area contributed by atoms with Gasteiger partial charge in [-0.25, -0.2) is 0 Å². The molecule has 4 nitrogen and oxygen atoms in total. The maximum absolute atomic E-state index is 5.68. The quantitative estimate of drug-likeness (QED) is 0.751. The fourth-order valence-corrected chi connectivity index (χ4v) is 2.27. The highest BCUT2D eigenvalue weighted by molar-refractivity contribution is 5.85. The molecule has 2 rings (SSSR count). The van der Waals surface area contributed by atoms with E-state index in [9.17, 15) is 0 Å². The van der Waals surface area contributed by atoms with E-state index in [0.717, 1.165) is 11.9 Å². The van der Waals surface area contributed by atoms with Crippen molar-refractivity contribution in [3.05, 3.63) is 42.2 Å². The first-order valence-corrected chi connectivity index (χ1v) is 6.99. The number of methoxy groups -OCH3 is 1. The zero-order valence-electron chi connectivity index (χ0n) is 12.1. The maximum Gasteiger partial charge on any atom is 0.0701 e. The van der Waals surface area contributed by atoms with Gasteiger partial charge >= 0.3 is 0 Å². The van der Waals surface area contributed by atoms with Crippen LogP contribution in [0.1, 0.15) is 18.5 Å². The van der Waals surface area contributed by atoms with E-state index < -0.39 is 0 Å². The number of aromatic nitrogens is 1. The predicted octanol–water partition coefficient (Wildman–Crippen LogP) is 2.55. The normalized spacial score (nSPS) is 12.7. The number of likely N-dealkylation sites (N-methyl/N-ethyl adjacent to an activating group) is 1. The molecule has 0 spiro atoms. The summed E-state index contributed by atoms with van der Waals surface area (Å²) in [5.41, 5.74) is 1.18. The van der Waals surface area contributed by atoms with Crippen molar-refractivity contribution in [2.75, 3.05) is 33.5 Å². The van der Waals surface area contributed by atoms with Gasteiger partial charge in [-0.15, -0.1) is 0 Å². The van der Waals surface area contributed by atoms with Gasteiger partial charge in [0, 0.05) is 24.9 Å². The molecule has 1 atom stereocenters. The summed E-state index contributed by atoms with van der Waals surface area (Å²) < 4.78 is 10.7. The van der Waals surface area contributed by atoms with Gasteiger partial charge in [0.15, 0.2) is 0 Å². The van der Waals surface area contributed by atoms with E-state index in [1.807, 2.05) is 18.5 Å². The molecule has 1 unspecified atom stereocenters. The summed E-state index contributed by atoms with van der Waals surface area (Å²) >= 11 is 0. The predicted molar refractivity (Wildman–Crippen MR) is 80.9 cm³/mol. The summed E-state index contributed by atoms with van der Waals surface area (Å²) in [6.07, 6.45) is 3.82. The minimum atomic E-state index is 0.149. The van der Waals surface area contributed by atoms with Gasteiger partial charge in [-0.3, -0.25) is 4.98 Å². The Bertz CT molecular complexity index is 525. The summed E-state index contributed by atoms with van der Waals surface area (Å²) in [7, 11) is 1.68. The van der Waals surface area contributed by atoms with E-state index >= 15 is 0 Å². The largest absolute Gasteiger partial charge is 0.382 e. The minimum absolute atomic E-state index is 0.149. The number of rotatable bonds is 8. The molecule has 108 valence electrons. The molecule has 0 amide bonds. The van der Waals surface area contributed by atoms with Crippen molar-refractivity contribution >= 4 is 10.8 Å². The van der Waals surface area contributed by atoms with Crippen LogP contribution in [0.25, 0.3) is 10.8 Å². The van der Waals surface area contributed by atoms with Crippen LogP contribution in [0.2, 0.25) is 0 Å². The first kappa shape index (κ1) is 14.9. The third-order valence-corrected chi connectivity index (χ3v) is 3.24. The third kappa shape index (κ3) is 3.76. The van der Waals surface area contributed by atoms with E-state index in [1.54, 1.807) is 7.11 Å². The highest BCUT2D eigenvalue weighted by Crippen LogP contribution is 2.23. The number of nitrogens with one attached hydrogen (secondary N) is 1. The van der Waals surface area contributed by atoms with Crippen LogP contribution in [0.3, 0.4) is 0 Å². The lowest BCUT2D eigenvalue weighted by Gasteiger charge is -2.19. The molecule has 0 aliphatic rings. The molecule has 0 saturated heterocycles. The number of pyridine rings is 1. The topological polar surface area (TPSA) is 43.4 Å². The molecule has 1 heterocycles. The van der Waals surface area contributed by atoms with E-state index in [4.69, 9.17) is 9.47 Å². The molecule has 0 saturated carbocycles. The Hall–Kier alpha value is -1.49. The Morgan fingerprint density at radius 2 is 2.05 bits per heavy atom. The fourth-order valence-electron chi connectivity index (χ4n) is 2.27. The Balaban J connectivity index is 2.18. The van der Waals surface area contributed by atoms with Crippen molar-refractivity contribution in [2.24, 2.45) is 0 Å². The van der Waals surface area contributed by atoms with E-state index in [1.165, 1.54) is 10.9 Å². The Morgan fingerprint density at radius 1 is 1.20 bits per heavy atom. The average Bonchev–Trinajstić information content (AvgIpc) is 2.50. The number of hydrogen-bond donors (Lipinski definition) is 1. The summed E-state index contributed by atoms with van der Waals surface area (Å²) in [6.45, 7) is 4.83. The van der Waals surface area contributed by atoms with Crippen LogP contribution in [0.4, 0.5) is 0 Å². The molecular weight excluding hydrogens is 252 g/mol. The lowest BCUT2D eigenvalue weighted by molar-refractivity contribution is 0.0589. The summed E-state index contributed by atoms with van der Waals surface area (Å²) in [5, 5.41) is 5.85. The minimum Gasteiger partial charge on any atom is -0.382 e. The second-order valence-electron chi connectivity index (χ2n) is 4.63. The van der Waals surface area contributed by atoms with Crippen molar-refractivity contribution in [1.29, 1.82) is 0 Å². The van der Waals surface area contributed by atoms with Gasteiger partial charge in [-0.1, -0.05) is 31.2 Å². The SMILES string of the molecule is CCNC(COCCOC)c1cncc2ccccc12. The molecule has 0 bridgehead atoms. The van der Waals surface area contributed by atoms with E-state index in [2.05, 4.69) is 35.4 Å². The van der Waals surface area contributed by atoms with Crippen molar-refractivity contribution in [3.63, 3.8) is 0 Å². The van der Waals surface area contributed by atoms with Crippen molar-refractivity contribution in [3.8, 4) is 0 Å². The standard InChI is InChI=1S/C16H22N2O2/c1-3-18-16(12-20-9-8-19-2)15-11-17-10-13-6-4-5-7-14(13)15/h4-7,10-11,16,18H,3,8-9,12H2,1-2H3. The third-order valence-electron chi connectivity index (χ3n) is 3.24. The summed E-state index contributed by atoms with van der Waals surface area (Å²) in [4.78, 5) is 4.34. The highest BCUT2D eigenvalue weighted by Gasteiger charge is 2.13. The van der Waals surface area contributed by atoms with Crippen LogP contribution in [0.15, 0.2) is 36.7 Å². The summed E-state index contributed by atoms with van der Waals surface area (Å²) in [6, 6.07) is 8.45. The summed E-state index contributed by atoms with van der Waals surface area (Å²) in [5.74, 6) is 0. The Morgan fingerprint density at radius 3 is 2.85 bits per heavy atom. The lowest BCUT2D eigenvalue weighted by Crippen LogP contribution is -2.26. The van der Waals surface area contributed by atoms with Gasteiger partial charge in [0.05, 0.1) is 25.9 Å². The molecule has 1 aromatic carbocycles. The molecule has 0 aliphatic carbocycles. The van der Waals surface area contributed by atoms with Gasteiger partial charge in [0.2, 0.25) is 0 Å². The Kier molecular flexibility index (Phi) is 5.92. The maximum atomic E-state index is 5.68. The van der Waals surface area contributed by atoms with Crippen molar-refractivity contribution in [2.45, 2.75) is 13.0 Å². The lowest BCUT2D eigenvalue weighted by atomic mass is 10.0. The van der Waals surface area contributed by atoms with Crippen molar-refractivity contribution in [1.82, 2.24) is 10.3 Å². The fraction of sp³-hybridized carbons (Fsp3) is 0.438. The molecule has 0 fully saturated rings. The molecule has 4 heteroatoms. The van der Waals surface area contributed by atoms with Gasteiger partial charge in [0.25, 0.3) is 0 Å². The zero-order chi connectivity index (χ0) is 14.2. The number of fused-ring (bicyclic) bond motifs is 1. The molecular formula is C16H22N2O2. The number of ether oxygens (including phenoxy) is 2. The van der Waals surface area contributed by atoms with Crippen LogP contribution >= 0.6 is 0 Å². The molecule has 20 heavy (non-hydrogen) atoms. The zero-order valence-corrected chi connectivity index (χ0v) is 12.1. The first-order chi connectivity index (χ1) is 9.86. The van der Waals surface area contributed by atoms with Gasteiger partial charge in [-0.2, -0.15) is 0 Å².